The Balaban J connectivity index is 1.69. The lowest BCUT2D eigenvalue weighted by molar-refractivity contribution is 0.00486. The van der Waals surface area contributed by atoms with Crippen LogP contribution in [0.15, 0.2) is 40.4 Å². The molecule has 1 saturated carbocycles. The Hall–Kier alpha value is -2.71. The van der Waals surface area contributed by atoms with Crippen LogP contribution < -0.4 is 11.5 Å². The standard InChI is InChI=1S/C20H28N6O2/c1-23-19(22)14-9-10-26(20(14)24-2)15-11-12(17(27)18(15)28)5-3-6-13-7-4-8-16(21)25-13/h4,7-10,12,15,17-18,27-28H,2-3,5-6,11H2,1H3,(H2,21,25)(H2,22,23)/t12-,15+,17+,18-/m0/s1. The highest BCUT2D eigenvalue weighted by atomic mass is 16.3. The fraction of sp³-hybridized carbons (Fsp3) is 0.450. The minimum Gasteiger partial charge on any atom is -0.390 e. The van der Waals surface area contributed by atoms with E-state index in [9.17, 15) is 10.2 Å². The molecule has 0 radical (unpaired) electrons. The SMILES string of the molecule is C=Nc1c(C(N)=NC)ccn1[C@@H]1C[C@H](CCCc2cccc(N)n2)[C@@H](O)[C@H]1O. The van der Waals surface area contributed by atoms with Gasteiger partial charge in [-0.25, -0.2) is 9.98 Å². The van der Waals surface area contributed by atoms with E-state index in [-0.39, 0.29) is 12.0 Å². The number of pyridine rings is 1. The first-order valence-corrected chi connectivity index (χ1v) is 9.44. The van der Waals surface area contributed by atoms with Crippen LogP contribution in [-0.4, -0.2) is 51.6 Å². The number of anilines is 1. The monoisotopic (exact) mass is 384 g/mol. The number of amidine groups is 1. The number of nitrogens with zero attached hydrogens (tertiary/aromatic N) is 4. The second-order valence-electron chi connectivity index (χ2n) is 7.22. The molecule has 1 aliphatic carbocycles. The predicted octanol–water partition coefficient (Wildman–Crippen LogP) is 1.44. The van der Waals surface area contributed by atoms with E-state index in [1.165, 1.54) is 0 Å². The lowest BCUT2D eigenvalue weighted by atomic mass is 9.97. The van der Waals surface area contributed by atoms with Crippen molar-refractivity contribution < 1.29 is 10.2 Å². The molecule has 150 valence electrons. The van der Waals surface area contributed by atoms with Crippen LogP contribution >= 0.6 is 0 Å². The van der Waals surface area contributed by atoms with Crippen LogP contribution in [0.2, 0.25) is 0 Å². The number of nitrogens with two attached hydrogens (primary N) is 2. The van der Waals surface area contributed by atoms with Gasteiger partial charge in [0.15, 0.2) is 0 Å². The molecule has 8 heteroatoms. The fourth-order valence-electron chi connectivity index (χ4n) is 4.04. The van der Waals surface area contributed by atoms with E-state index in [0.717, 1.165) is 25.0 Å². The van der Waals surface area contributed by atoms with Crippen LogP contribution in [0.25, 0.3) is 0 Å². The third kappa shape index (κ3) is 3.93. The first-order chi connectivity index (χ1) is 13.5. The van der Waals surface area contributed by atoms with Gasteiger partial charge in [-0.15, -0.1) is 0 Å². The molecule has 6 N–H and O–H groups in total. The van der Waals surface area contributed by atoms with Gasteiger partial charge in [-0.3, -0.25) is 4.99 Å². The zero-order valence-corrected chi connectivity index (χ0v) is 16.1. The molecule has 0 unspecified atom stereocenters. The van der Waals surface area contributed by atoms with Crippen molar-refractivity contribution in [2.24, 2.45) is 21.6 Å². The lowest BCUT2D eigenvalue weighted by Crippen LogP contribution is -2.29. The molecule has 0 aromatic carbocycles. The summed E-state index contributed by atoms with van der Waals surface area (Å²) in [6.45, 7) is 3.62. The van der Waals surface area contributed by atoms with E-state index in [4.69, 9.17) is 11.5 Å². The molecular weight excluding hydrogens is 356 g/mol. The minimum atomic E-state index is -0.879. The number of aryl methyl sites for hydroxylation is 1. The molecule has 28 heavy (non-hydrogen) atoms. The number of aromatic nitrogens is 2. The largest absolute Gasteiger partial charge is 0.390 e. The lowest BCUT2D eigenvalue weighted by Gasteiger charge is -2.20. The molecule has 0 saturated heterocycles. The molecule has 1 fully saturated rings. The second kappa shape index (κ2) is 8.53. The van der Waals surface area contributed by atoms with E-state index >= 15 is 0 Å². The van der Waals surface area contributed by atoms with Gasteiger partial charge < -0.3 is 26.2 Å². The number of hydrogen-bond acceptors (Lipinski definition) is 6. The molecule has 4 atom stereocenters. The summed E-state index contributed by atoms with van der Waals surface area (Å²) >= 11 is 0. The van der Waals surface area contributed by atoms with Gasteiger partial charge in [0.2, 0.25) is 0 Å². The maximum atomic E-state index is 10.6. The number of nitrogen functional groups attached to an aromatic ring is 1. The van der Waals surface area contributed by atoms with Gasteiger partial charge in [-0.05, 0) is 56.5 Å². The van der Waals surface area contributed by atoms with Crippen molar-refractivity contribution in [3.8, 4) is 0 Å². The van der Waals surface area contributed by atoms with Crippen LogP contribution in [0.4, 0.5) is 11.6 Å². The van der Waals surface area contributed by atoms with Gasteiger partial charge in [-0.2, -0.15) is 0 Å². The van der Waals surface area contributed by atoms with Crippen molar-refractivity contribution in [2.45, 2.75) is 43.9 Å². The summed E-state index contributed by atoms with van der Waals surface area (Å²) in [4.78, 5) is 12.4. The van der Waals surface area contributed by atoms with Crippen LogP contribution in [0.3, 0.4) is 0 Å². The summed E-state index contributed by atoms with van der Waals surface area (Å²) in [6.07, 6.45) is 3.22. The molecule has 0 bridgehead atoms. The number of rotatable bonds is 7. The Morgan fingerprint density at radius 2 is 2.11 bits per heavy atom. The maximum Gasteiger partial charge on any atom is 0.143 e. The minimum absolute atomic E-state index is 0.0123. The van der Waals surface area contributed by atoms with Crippen molar-refractivity contribution in [1.29, 1.82) is 0 Å². The Morgan fingerprint density at radius 3 is 2.79 bits per heavy atom. The van der Waals surface area contributed by atoms with Gasteiger partial charge in [-0.1, -0.05) is 6.07 Å². The molecule has 0 aliphatic heterocycles. The zero-order valence-electron chi connectivity index (χ0n) is 16.1. The normalized spacial score (nSPS) is 25.2. The maximum absolute atomic E-state index is 10.6. The summed E-state index contributed by atoms with van der Waals surface area (Å²) in [5.74, 6) is 1.42. The third-order valence-electron chi connectivity index (χ3n) is 5.52. The molecule has 2 heterocycles. The number of hydrogen-bond donors (Lipinski definition) is 4. The van der Waals surface area contributed by atoms with Crippen molar-refractivity contribution >= 4 is 24.2 Å². The zero-order chi connectivity index (χ0) is 20.3. The summed E-state index contributed by atoms with van der Waals surface area (Å²) in [5.41, 5.74) is 13.3. The van der Waals surface area contributed by atoms with Crippen molar-refractivity contribution in [3.05, 3.63) is 41.7 Å². The average Bonchev–Trinajstić information content (AvgIpc) is 3.23. The number of aliphatic hydroxyl groups excluding tert-OH is 2. The molecule has 2 aromatic heterocycles. The number of aliphatic hydroxyl groups is 2. The molecule has 0 amide bonds. The summed E-state index contributed by atoms with van der Waals surface area (Å²) in [7, 11) is 1.61. The topological polar surface area (TPSA) is 135 Å². The molecule has 2 aromatic rings. The Kier molecular flexibility index (Phi) is 6.11. The van der Waals surface area contributed by atoms with E-state index in [1.54, 1.807) is 13.1 Å². The highest BCUT2D eigenvalue weighted by molar-refractivity contribution is 6.01. The summed E-state index contributed by atoms with van der Waals surface area (Å²) in [6, 6.07) is 7.12. The van der Waals surface area contributed by atoms with E-state index in [1.807, 2.05) is 29.0 Å². The Morgan fingerprint density at radius 1 is 1.32 bits per heavy atom. The Labute approximate surface area is 164 Å². The average molecular weight is 384 g/mol. The highest BCUT2D eigenvalue weighted by Gasteiger charge is 2.42. The van der Waals surface area contributed by atoms with E-state index in [2.05, 4.69) is 21.7 Å². The first-order valence-electron chi connectivity index (χ1n) is 9.44. The molecule has 3 rings (SSSR count). The fourth-order valence-corrected chi connectivity index (χ4v) is 4.04. The first kappa shape index (κ1) is 20.0. The Bertz CT molecular complexity index is 862. The van der Waals surface area contributed by atoms with Crippen molar-refractivity contribution in [1.82, 2.24) is 9.55 Å². The van der Waals surface area contributed by atoms with Gasteiger partial charge >= 0.3 is 0 Å². The third-order valence-corrected chi connectivity index (χ3v) is 5.52. The molecular formula is C20H28N6O2. The van der Waals surface area contributed by atoms with Crippen molar-refractivity contribution in [2.75, 3.05) is 12.8 Å². The van der Waals surface area contributed by atoms with Gasteiger partial charge in [0.05, 0.1) is 17.7 Å². The van der Waals surface area contributed by atoms with Crippen LogP contribution in [0, 0.1) is 5.92 Å². The van der Waals surface area contributed by atoms with Crippen LogP contribution in [-0.2, 0) is 6.42 Å². The second-order valence-corrected chi connectivity index (χ2v) is 7.22. The molecule has 8 nitrogen and oxygen atoms in total. The van der Waals surface area contributed by atoms with Crippen LogP contribution in [0.5, 0.6) is 0 Å². The number of aliphatic imine (C=N–C) groups is 2. The van der Waals surface area contributed by atoms with E-state index in [0.29, 0.717) is 29.5 Å². The summed E-state index contributed by atoms with van der Waals surface area (Å²) < 4.78 is 1.84. The van der Waals surface area contributed by atoms with Crippen LogP contribution in [0.1, 0.15) is 36.6 Å². The van der Waals surface area contributed by atoms with Crippen molar-refractivity contribution in [3.63, 3.8) is 0 Å². The molecule has 1 aliphatic rings. The van der Waals surface area contributed by atoms with Gasteiger partial charge in [0.25, 0.3) is 0 Å². The smallest absolute Gasteiger partial charge is 0.143 e. The van der Waals surface area contributed by atoms with Gasteiger partial charge in [0, 0.05) is 18.9 Å². The van der Waals surface area contributed by atoms with E-state index < -0.39 is 12.2 Å². The summed E-state index contributed by atoms with van der Waals surface area (Å²) in [5, 5.41) is 21.2. The van der Waals surface area contributed by atoms with Gasteiger partial charge in [0.1, 0.15) is 23.6 Å². The predicted molar refractivity (Wildman–Crippen MR) is 111 cm³/mol. The highest BCUT2D eigenvalue weighted by Crippen LogP contribution is 2.41. The quantitative estimate of drug-likeness (QED) is 0.423. The molecule has 0 spiro atoms.